The van der Waals surface area contributed by atoms with Crippen LogP contribution in [0.15, 0.2) is 55.6 Å². The third-order valence-electron chi connectivity index (χ3n) is 8.54. The molecule has 3 aliphatic heterocycles. The molecule has 0 radical (unpaired) electrons. The lowest BCUT2D eigenvalue weighted by Crippen LogP contribution is -2.60. The molecule has 3 saturated heterocycles. The fourth-order valence-corrected chi connectivity index (χ4v) is 7.61. The fourth-order valence-electron chi connectivity index (χ4n) is 6.67. The monoisotopic (exact) mass is 659 g/mol. The lowest BCUT2D eigenvalue weighted by molar-refractivity contribution is -0.152. The molecule has 3 fully saturated rings. The Morgan fingerprint density at radius 3 is 2.56 bits per heavy atom. The number of carbonyl (C=O) groups is 4. The van der Waals surface area contributed by atoms with Crippen molar-refractivity contribution in [1.29, 1.82) is 0 Å². The minimum absolute atomic E-state index is 0.0673. The highest BCUT2D eigenvalue weighted by Crippen LogP contribution is 2.60. The van der Waals surface area contributed by atoms with Gasteiger partial charge in [0.25, 0.3) is 0 Å². The Morgan fingerprint density at radius 1 is 1.26 bits per heavy atom. The number of likely N-dealkylation sites (tertiary alicyclic amines) is 1. The summed E-state index contributed by atoms with van der Waals surface area (Å²) in [6.07, 6.45) is 3.62. The van der Waals surface area contributed by atoms with Crippen LogP contribution in [0.25, 0.3) is 0 Å². The number of hydrogen-bond donors (Lipinski definition) is 2. The van der Waals surface area contributed by atoms with E-state index >= 15 is 0 Å². The van der Waals surface area contributed by atoms with Gasteiger partial charge in [0.15, 0.2) is 0 Å². The zero-order valence-corrected chi connectivity index (χ0v) is 26.6. The summed E-state index contributed by atoms with van der Waals surface area (Å²) in [7, 11) is 0. The molecule has 2 N–H and O–H groups in total. The Balaban J connectivity index is 1.66. The van der Waals surface area contributed by atoms with Crippen molar-refractivity contribution in [2.45, 2.75) is 74.2 Å². The maximum atomic E-state index is 14.3. The van der Waals surface area contributed by atoms with Gasteiger partial charge in [-0.2, -0.15) is 0 Å². The van der Waals surface area contributed by atoms with Crippen molar-refractivity contribution in [1.82, 2.24) is 15.1 Å². The van der Waals surface area contributed by atoms with E-state index in [2.05, 4.69) is 34.4 Å². The molecule has 1 aromatic carbocycles. The first-order chi connectivity index (χ1) is 20.4. The molecule has 3 aliphatic rings. The van der Waals surface area contributed by atoms with Crippen LogP contribution in [0, 0.1) is 11.8 Å². The van der Waals surface area contributed by atoms with Crippen molar-refractivity contribution >= 4 is 39.6 Å². The second kappa shape index (κ2) is 13.3. The maximum absolute atomic E-state index is 14.3. The highest BCUT2D eigenvalue weighted by atomic mass is 79.9. The summed E-state index contributed by atoms with van der Waals surface area (Å²) in [4.78, 5) is 57.5. The number of carbonyl (C=O) groups excluding carboxylic acids is 4. The van der Waals surface area contributed by atoms with Crippen molar-refractivity contribution < 1.29 is 33.8 Å². The number of alkyl halides is 1. The van der Waals surface area contributed by atoms with Crippen LogP contribution in [0.1, 0.15) is 51.6 Å². The summed E-state index contributed by atoms with van der Waals surface area (Å²) < 4.78 is 12.1. The maximum Gasteiger partial charge on any atom is 0.306 e. The molecular weight excluding hydrogens is 618 g/mol. The average Bonchev–Trinajstić information content (AvgIpc) is 3.55. The summed E-state index contributed by atoms with van der Waals surface area (Å²) in [5.41, 5.74) is -1.10. The number of esters is 1. The minimum atomic E-state index is -1.26. The predicted octanol–water partition coefficient (Wildman–Crippen LogP) is 2.91. The predicted molar refractivity (Wildman–Crippen MR) is 164 cm³/mol. The van der Waals surface area contributed by atoms with Gasteiger partial charge >= 0.3 is 5.97 Å². The Bertz CT molecular complexity index is 1240. The molecule has 1 aromatic rings. The molecule has 3 heterocycles. The first-order valence-corrected chi connectivity index (χ1v) is 15.6. The highest BCUT2D eigenvalue weighted by Gasteiger charge is 2.76. The topological polar surface area (TPSA) is 125 Å². The van der Waals surface area contributed by atoms with Gasteiger partial charge in [-0.25, -0.2) is 0 Å². The second-order valence-electron chi connectivity index (χ2n) is 12.3. The van der Waals surface area contributed by atoms with E-state index in [4.69, 9.17) is 9.47 Å². The van der Waals surface area contributed by atoms with E-state index in [0.717, 1.165) is 5.56 Å². The van der Waals surface area contributed by atoms with Gasteiger partial charge in [-0.05, 0) is 39.2 Å². The summed E-state index contributed by atoms with van der Waals surface area (Å²) in [6, 6.07) is 7.46. The number of fused-ring (bicyclic) bond motifs is 1. The van der Waals surface area contributed by atoms with Gasteiger partial charge in [0.2, 0.25) is 17.7 Å². The molecule has 3 amide bonds. The van der Waals surface area contributed by atoms with Crippen LogP contribution in [0.2, 0.25) is 0 Å². The normalized spacial score (nSPS) is 28.3. The number of ether oxygens (including phenoxy) is 2. The molecule has 234 valence electrons. The van der Waals surface area contributed by atoms with Crippen LogP contribution < -0.4 is 5.32 Å². The summed E-state index contributed by atoms with van der Waals surface area (Å²) in [5.74, 6) is -3.38. The number of hydrogen-bond acceptors (Lipinski definition) is 7. The molecule has 0 aromatic heterocycles. The summed E-state index contributed by atoms with van der Waals surface area (Å²) in [6.45, 7) is 12.9. The smallest absolute Gasteiger partial charge is 0.306 e. The molecule has 43 heavy (non-hydrogen) atoms. The van der Waals surface area contributed by atoms with Crippen molar-refractivity contribution in [3.05, 3.63) is 61.2 Å². The van der Waals surface area contributed by atoms with Gasteiger partial charge in [-0.1, -0.05) is 58.4 Å². The third-order valence-corrected chi connectivity index (χ3v) is 9.38. The first-order valence-electron chi connectivity index (χ1n) is 14.7. The van der Waals surface area contributed by atoms with E-state index in [1.165, 1.54) is 4.90 Å². The van der Waals surface area contributed by atoms with Crippen LogP contribution in [0.5, 0.6) is 0 Å². The standard InChI is InChI=1S/C32H42BrN3O7/c1-6-8-14-23(38)42-19-22(20-12-10-9-11-13-20)34-28(39)24-25-29(40)35(16-17-37)27(32(25)18-21(33)26(24)43-32)30(41)36(15-7-2)31(3,4)5/h6-7,9-13,21-22,24-27,37H,1-2,8,14-19H2,3-5H3,(H,34,39)/t21?,22-,24+,25-,26+,27+,32-/m1/s1. The van der Waals surface area contributed by atoms with Gasteiger partial charge in [-0.3, -0.25) is 19.2 Å². The Kier molecular flexibility index (Phi) is 10.2. The molecule has 0 saturated carbocycles. The summed E-state index contributed by atoms with van der Waals surface area (Å²) >= 11 is 3.68. The number of halogens is 1. The van der Waals surface area contributed by atoms with E-state index in [1.807, 2.05) is 51.1 Å². The number of nitrogens with one attached hydrogen (secondary N) is 1. The quantitative estimate of drug-likeness (QED) is 0.190. The molecule has 4 rings (SSSR count). The SMILES string of the molecule is C=CCCC(=O)OC[C@@H](NC(=O)[C@@H]1[C@H]2O[C@@]3(CC2Br)[C@H](C(=O)N(CC=C)C(C)(C)C)N(CCO)C(=O)[C@@H]13)c1ccccc1. The Labute approximate surface area is 261 Å². The van der Waals surface area contributed by atoms with Crippen molar-refractivity contribution in [3.8, 4) is 0 Å². The molecule has 1 spiro atoms. The van der Waals surface area contributed by atoms with E-state index in [1.54, 1.807) is 17.1 Å². The van der Waals surface area contributed by atoms with Crippen LogP contribution in [0.3, 0.4) is 0 Å². The molecular formula is C32H42BrN3O7. The zero-order chi connectivity index (χ0) is 31.5. The number of nitrogens with zero attached hydrogens (tertiary/aromatic N) is 2. The minimum Gasteiger partial charge on any atom is -0.463 e. The second-order valence-corrected chi connectivity index (χ2v) is 13.5. The first kappa shape index (κ1) is 32.9. The lowest BCUT2D eigenvalue weighted by Gasteiger charge is -2.42. The molecule has 7 atom stereocenters. The number of rotatable bonds is 13. The van der Waals surface area contributed by atoms with Gasteiger partial charge in [0.05, 0.1) is 30.6 Å². The number of aliphatic hydroxyl groups excluding tert-OH is 1. The molecule has 0 aliphatic carbocycles. The zero-order valence-electron chi connectivity index (χ0n) is 25.0. The van der Waals surface area contributed by atoms with Gasteiger partial charge in [0, 0.05) is 29.9 Å². The van der Waals surface area contributed by atoms with Crippen LogP contribution in [-0.4, -0.2) is 93.0 Å². The average molecular weight is 661 g/mol. The lowest BCUT2D eigenvalue weighted by atomic mass is 9.70. The van der Waals surface area contributed by atoms with E-state index in [-0.39, 0.29) is 43.5 Å². The van der Waals surface area contributed by atoms with Crippen molar-refractivity contribution in [2.75, 3.05) is 26.3 Å². The molecule has 10 nitrogen and oxygen atoms in total. The van der Waals surface area contributed by atoms with E-state index < -0.39 is 58.9 Å². The van der Waals surface area contributed by atoms with Gasteiger partial charge in [-0.15, -0.1) is 13.2 Å². The van der Waals surface area contributed by atoms with Crippen LogP contribution in [0.4, 0.5) is 0 Å². The van der Waals surface area contributed by atoms with Crippen LogP contribution >= 0.6 is 15.9 Å². The van der Waals surface area contributed by atoms with Crippen molar-refractivity contribution in [2.24, 2.45) is 11.8 Å². The Morgan fingerprint density at radius 2 is 1.95 bits per heavy atom. The number of aliphatic hydroxyl groups is 1. The van der Waals surface area contributed by atoms with Gasteiger partial charge in [0.1, 0.15) is 18.2 Å². The third kappa shape index (κ3) is 6.30. The van der Waals surface area contributed by atoms with E-state index in [0.29, 0.717) is 12.8 Å². The summed E-state index contributed by atoms with van der Waals surface area (Å²) in [5, 5.41) is 12.9. The highest BCUT2D eigenvalue weighted by molar-refractivity contribution is 9.09. The van der Waals surface area contributed by atoms with Crippen LogP contribution in [-0.2, 0) is 28.7 Å². The Hall–Kier alpha value is -3.02. The largest absolute Gasteiger partial charge is 0.463 e. The number of benzene rings is 1. The molecule has 1 unspecified atom stereocenters. The van der Waals surface area contributed by atoms with Gasteiger partial charge < -0.3 is 29.7 Å². The number of allylic oxidation sites excluding steroid dienone is 1. The van der Waals surface area contributed by atoms with E-state index in [9.17, 15) is 24.3 Å². The molecule has 2 bridgehead atoms. The number of β-amino-alcohol motifs (C(OH)–C–C–N with tert-alkyl or cyclic N) is 1. The number of amides is 3. The molecule has 11 heteroatoms. The van der Waals surface area contributed by atoms with Crippen molar-refractivity contribution in [3.63, 3.8) is 0 Å². The fraction of sp³-hybridized carbons (Fsp3) is 0.562.